The molecular formula is C19H17Cl2NO3. The summed E-state index contributed by atoms with van der Waals surface area (Å²) in [5.74, 6) is -0.856. The Balaban J connectivity index is 1.75. The average molecular weight is 378 g/mol. The minimum absolute atomic E-state index is 0.0241. The molecule has 0 aromatic heterocycles. The quantitative estimate of drug-likeness (QED) is 0.738. The topological polar surface area (TPSA) is 46.6 Å². The van der Waals surface area contributed by atoms with Crippen LogP contribution in [0, 0.1) is 0 Å². The molecule has 0 bridgehead atoms. The van der Waals surface area contributed by atoms with Gasteiger partial charge in [-0.2, -0.15) is 0 Å². The van der Waals surface area contributed by atoms with Crippen LogP contribution in [0.5, 0.6) is 0 Å². The maximum Gasteiger partial charge on any atom is 0.338 e. The van der Waals surface area contributed by atoms with Crippen LogP contribution in [0.25, 0.3) is 0 Å². The van der Waals surface area contributed by atoms with Crippen molar-refractivity contribution in [2.24, 2.45) is 0 Å². The van der Waals surface area contributed by atoms with Crippen molar-refractivity contribution in [1.82, 2.24) is 0 Å². The highest BCUT2D eigenvalue weighted by Gasteiger charge is 2.34. The first kappa shape index (κ1) is 17.8. The largest absolute Gasteiger partial charge is 0.449 e. The zero-order valence-corrected chi connectivity index (χ0v) is 15.3. The molecule has 0 unspecified atom stereocenters. The van der Waals surface area contributed by atoms with Crippen molar-refractivity contribution in [2.75, 3.05) is 4.90 Å². The van der Waals surface area contributed by atoms with E-state index in [1.807, 2.05) is 31.2 Å². The molecule has 0 N–H and O–H groups in total. The first-order chi connectivity index (χ1) is 11.9. The number of nitrogens with zero attached hydrogens (tertiary/aromatic N) is 1. The lowest BCUT2D eigenvalue weighted by Crippen LogP contribution is -2.43. The molecule has 1 aliphatic heterocycles. The molecule has 6 heteroatoms. The molecule has 2 aromatic carbocycles. The van der Waals surface area contributed by atoms with Gasteiger partial charge in [-0.1, -0.05) is 41.4 Å². The van der Waals surface area contributed by atoms with E-state index in [0.29, 0.717) is 5.02 Å². The molecule has 1 heterocycles. The number of benzene rings is 2. The summed E-state index contributed by atoms with van der Waals surface area (Å²) in [6, 6.07) is 12.2. The first-order valence-corrected chi connectivity index (χ1v) is 8.71. The predicted octanol–water partition coefficient (Wildman–Crippen LogP) is 4.52. The maximum absolute atomic E-state index is 12.8. The van der Waals surface area contributed by atoms with E-state index in [0.717, 1.165) is 17.7 Å². The number of ether oxygens (including phenoxy) is 1. The van der Waals surface area contributed by atoms with Gasteiger partial charge >= 0.3 is 5.97 Å². The van der Waals surface area contributed by atoms with Crippen LogP contribution in [0.3, 0.4) is 0 Å². The third kappa shape index (κ3) is 3.51. The molecule has 130 valence electrons. The average Bonchev–Trinajstić information content (AvgIpc) is 2.92. The zero-order chi connectivity index (χ0) is 18.1. The Bertz CT molecular complexity index is 837. The normalized spacial score (nSPS) is 17.1. The van der Waals surface area contributed by atoms with Crippen LogP contribution in [0.15, 0.2) is 42.5 Å². The predicted molar refractivity (Wildman–Crippen MR) is 98.4 cm³/mol. The molecule has 25 heavy (non-hydrogen) atoms. The number of anilines is 1. The van der Waals surface area contributed by atoms with E-state index >= 15 is 0 Å². The van der Waals surface area contributed by atoms with Gasteiger partial charge in [-0.05, 0) is 50.1 Å². The lowest BCUT2D eigenvalue weighted by atomic mass is 10.1. The molecule has 4 nitrogen and oxygen atoms in total. The molecule has 0 fully saturated rings. The second-order valence-corrected chi connectivity index (χ2v) is 6.88. The monoisotopic (exact) mass is 377 g/mol. The van der Waals surface area contributed by atoms with Gasteiger partial charge in [0.25, 0.3) is 5.91 Å². The van der Waals surface area contributed by atoms with Gasteiger partial charge in [0.2, 0.25) is 0 Å². The Morgan fingerprint density at radius 1 is 1.16 bits per heavy atom. The number of para-hydroxylation sites is 1. The molecule has 2 aromatic rings. The van der Waals surface area contributed by atoms with Crippen molar-refractivity contribution >= 4 is 40.8 Å². The van der Waals surface area contributed by atoms with Crippen LogP contribution >= 0.6 is 23.2 Å². The summed E-state index contributed by atoms with van der Waals surface area (Å²) < 4.78 is 5.34. The van der Waals surface area contributed by atoms with Gasteiger partial charge in [-0.15, -0.1) is 0 Å². The van der Waals surface area contributed by atoms with E-state index in [1.54, 1.807) is 11.8 Å². The number of hydrogen-bond donors (Lipinski definition) is 0. The van der Waals surface area contributed by atoms with Crippen molar-refractivity contribution < 1.29 is 14.3 Å². The van der Waals surface area contributed by atoms with Gasteiger partial charge in [0.1, 0.15) is 0 Å². The summed E-state index contributed by atoms with van der Waals surface area (Å²) in [7, 11) is 0. The first-order valence-electron chi connectivity index (χ1n) is 7.95. The van der Waals surface area contributed by atoms with Gasteiger partial charge in [-0.25, -0.2) is 4.79 Å². The highest BCUT2D eigenvalue weighted by Crippen LogP contribution is 2.32. The van der Waals surface area contributed by atoms with E-state index in [4.69, 9.17) is 27.9 Å². The second kappa shape index (κ2) is 7.06. The van der Waals surface area contributed by atoms with Crippen LogP contribution < -0.4 is 4.90 Å². The molecule has 2 atom stereocenters. The van der Waals surface area contributed by atoms with E-state index in [2.05, 4.69) is 0 Å². The van der Waals surface area contributed by atoms with Crippen molar-refractivity contribution in [3.8, 4) is 0 Å². The number of fused-ring (bicyclic) bond motifs is 1. The van der Waals surface area contributed by atoms with E-state index < -0.39 is 12.1 Å². The zero-order valence-electron chi connectivity index (χ0n) is 13.8. The molecule has 1 amide bonds. The number of esters is 1. The fourth-order valence-corrected chi connectivity index (χ4v) is 3.30. The van der Waals surface area contributed by atoms with Crippen LogP contribution in [0.4, 0.5) is 5.69 Å². The summed E-state index contributed by atoms with van der Waals surface area (Å²) in [5.41, 5.74) is 2.24. The Morgan fingerprint density at radius 3 is 2.60 bits per heavy atom. The van der Waals surface area contributed by atoms with Crippen molar-refractivity contribution in [1.29, 1.82) is 0 Å². The molecule has 3 rings (SSSR count). The summed E-state index contributed by atoms with van der Waals surface area (Å²) in [6.45, 7) is 3.55. The summed E-state index contributed by atoms with van der Waals surface area (Å²) in [5, 5.41) is 0.613. The highest BCUT2D eigenvalue weighted by atomic mass is 35.5. The van der Waals surface area contributed by atoms with E-state index in [-0.39, 0.29) is 22.5 Å². The Kier molecular flexibility index (Phi) is 5.02. The third-order valence-electron chi connectivity index (χ3n) is 4.23. The van der Waals surface area contributed by atoms with Gasteiger partial charge < -0.3 is 9.64 Å². The molecular weight excluding hydrogens is 361 g/mol. The molecule has 0 saturated carbocycles. The molecule has 1 aliphatic rings. The minimum atomic E-state index is -0.907. The number of hydrogen-bond acceptors (Lipinski definition) is 3. The van der Waals surface area contributed by atoms with Crippen LogP contribution in [-0.2, 0) is 16.0 Å². The SMILES string of the molecule is C[C@H](OC(=O)c1ccc(Cl)c(Cl)c1)C(=O)N1c2ccccc2C[C@H]1C. The summed E-state index contributed by atoms with van der Waals surface area (Å²) in [6.07, 6.45) is -0.120. The van der Waals surface area contributed by atoms with E-state index in [9.17, 15) is 9.59 Å². The lowest BCUT2D eigenvalue weighted by molar-refractivity contribution is -0.126. The highest BCUT2D eigenvalue weighted by molar-refractivity contribution is 6.42. The van der Waals surface area contributed by atoms with Gasteiger partial charge in [0.15, 0.2) is 6.10 Å². The molecule has 0 radical (unpaired) electrons. The second-order valence-electron chi connectivity index (χ2n) is 6.07. The molecule has 0 spiro atoms. The Morgan fingerprint density at radius 2 is 1.88 bits per heavy atom. The Hall–Kier alpha value is -2.04. The van der Waals surface area contributed by atoms with Gasteiger partial charge in [0.05, 0.1) is 15.6 Å². The van der Waals surface area contributed by atoms with Crippen LogP contribution in [0.2, 0.25) is 10.0 Å². The number of amides is 1. The Labute approximate surface area is 156 Å². The molecule has 0 saturated heterocycles. The summed E-state index contributed by atoms with van der Waals surface area (Å²) >= 11 is 11.8. The van der Waals surface area contributed by atoms with Crippen LogP contribution in [0.1, 0.15) is 29.8 Å². The fourth-order valence-electron chi connectivity index (χ4n) is 3.00. The van der Waals surface area contributed by atoms with Gasteiger partial charge in [0, 0.05) is 11.7 Å². The fraction of sp³-hybridized carbons (Fsp3) is 0.263. The third-order valence-corrected chi connectivity index (χ3v) is 4.97. The van der Waals surface area contributed by atoms with E-state index in [1.165, 1.54) is 18.2 Å². The van der Waals surface area contributed by atoms with Gasteiger partial charge in [-0.3, -0.25) is 4.79 Å². The van der Waals surface area contributed by atoms with Crippen molar-refractivity contribution in [3.05, 3.63) is 63.6 Å². The number of carbonyl (C=O) groups excluding carboxylic acids is 2. The smallest absolute Gasteiger partial charge is 0.338 e. The van der Waals surface area contributed by atoms with Crippen molar-refractivity contribution in [2.45, 2.75) is 32.4 Å². The lowest BCUT2D eigenvalue weighted by Gasteiger charge is -2.26. The number of rotatable bonds is 3. The summed E-state index contributed by atoms with van der Waals surface area (Å²) in [4.78, 5) is 26.8. The number of carbonyl (C=O) groups is 2. The van der Waals surface area contributed by atoms with Crippen LogP contribution in [-0.4, -0.2) is 24.0 Å². The van der Waals surface area contributed by atoms with Crippen molar-refractivity contribution in [3.63, 3.8) is 0 Å². The molecule has 0 aliphatic carbocycles. The maximum atomic E-state index is 12.8. The standard InChI is InChI=1S/C19H17Cl2NO3/c1-11-9-13-5-3-4-6-17(13)22(11)18(23)12(2)25-19(24)14-7-8-15(20)16(21)10-14/h3-8,10-12H,9H2,1-2H3/t11-,12+/m1/s1. The number of halogens is 2. The minimum Gasteiger partial charge on any atom is -0.449 e.